The standard InChI is InChI=1S/C18H25N5O3/c1-17(25)12-26-18(10-14(17)19-2)4-8-22(9-5-18)16(24)13-11-21-23-7-3-6-20-15(13)23/h3,6-7,11,14,19,25H,4-5,8-10,12H2,1-2H3/t14-,17-/m0/s1. The lowest BCUT2D eigenvalue weighted by Gasteiger charge is -2.50. The Morgan fingerprint density at radius 1 is 1.42 bits per heavy atom. The Kier molecular flexibility index (Phi) is 4.21. The molecule has 2 aromatic rings. The Balaban J connectivity index is 1.46. The van der Waals surface area contributed by atoms with E-state index >= 15 is 0 Å². The minimum atomic E-state index is -0.865. The first-order valence-electron chi connectivity index (χ1n) is 9.05. The molecule has 0 saturated carbocycles. The Morgan fingerprint density at radius 3 is 2.92 bits per heavy atom. The molecule has 8 heteroatoms. The van der Waals surface area contributed by atoms with E-state index in [-0.39, 0.29) is 17.6 Å². The van der Waals surface area contributed by atoms with Crippen LogP contribution in [0, 0.1) is 0 Å². The van der Waals surface area contributed by atoms with Gasteiger partial charge in [-0.25, -0.2) is 9.50 Å². The normalized spacial score (nSPS) is 28.6. The van der Waals surface area contributed by atoms with Crippen LogP contribution in [0.4, 0.5) is 0 Å². The summed E-state index contributed by atoms with van der Waals surface area (Å²) in [7, 11) is 1.87. The van der Waals surface area contributed by atoms with Crippen molar-refractivity contribution in [3.05, 3.63) is 30.2 Å². The first-order chi connectivity index (χ1) is 12.4. The molecular weight excluding hydrogens is 334 g/mol. The molecule has 2 fully saturated rings. The molecule has 2 atom stereocenters. The molecule has 26 heavy (non-hydrogen) atoms. The molecule has 1 spiro atoms. The van der Waals surface area contributed by atoms with E-state index in [0.717, 1.165) is 19.3 Å². The molecule has 8 nitrogen and oxygen atoms in total. The minimum absolute atomic E-state index is 0.0117. The summed E-state index contributed by atoms with van der Waals surface area (Å²) >= 11 is 0. The monoisotopic (exact) mass is 359 g/mol. The topological polar surface area (TPSA) is 92.0 Å². The van der Waals surface area contributed by atoms with Gasteiger partial charge in [-0.15, -0.1) is 0 Å². The summed E-state index contributed by atoms with van der Waals surface area (Å²) in [6.07, 6.45) is 7.30. The Labute approximate surface area is 152 Å². The van der Waals surface area contributed by atoms with Crippen LogP contribution in [0.25, 0.3) is 5.65 Å². The molecule has 0 radical (unpaired) electrons. The van der Waals surface area contributed by atoms with Gasteiger partial charge in [-0.2, -0.15) is 5.10 Å². The number of carbonyl (C=O) groups excluding carboxylic acids is 1. The van der Waals surface area contributed by atoms with Gasteiger partial charge in [-0.05, 0) is 39.3 Å². The van der Waals surface area contributed by atoms with Crippen LogP contribution in [0.5, 0.6) is 0 Å². The fourth-order valence-electron chi connectivity index (χ4n) is 4.08. The highest BCUT2D eigenvalue weighted by molar-refractivity contribution is 5.99. The largest absolute Gasteiger partial charge is 0.386 e. The average molecular weight is 359 g/mol. The van der Waals surface area contributed by atoms with E-state index in [4.69, 9.17) is 4.74 Å². The molecule has 2 aliphatic rings. The smallest absolute Gasteiger partial charge is 0.259 e. The minimum Gasteiger partial charge on any atom is -0.386 e. The van der Waals surface area contributed by atoms with Crippen LogP contribution in [-0.2, 0) is 4.74 Å². The summed E-state index contributed by atoms with van der Waals surface area (Å²) in [6, 6.07) is 1.77. The van der Waals surface area contributed by atoms with Crippen LogP contribution in [0.2, 0.25) is 0 Å². The summed E-state index contributed by atoms with van der Waals surface area (Å²) in [5, 5.41) is 17.9. The van der Waals surface area contributed by atoms with Crippen molar-refractivity contribution in [2.24, 2.45) is 0 Å². The first-order valence-corrected chi connectivity index (χ1v) is 9.05. The van der Waals surface area contributed by atoms with E-state index in [1.807, 2.05) is 11.9 Å². The van der Waals surface area contributed by atoms with Gasteiger partial charge in [0.1, 0.15) is 11.2 Å². The molecule has 0 unspecified atom stereocenters. The van der Waals surface area contributed by atoms with Gasteiger partial charge in [0, 0.05) is 31.5 Å². The molecule has 0 aromatic carbocycles. The van der Waals surface area contributed by atoms with Crippen molar-refractivity contribution in [2.75, 3.05) is 26.7 Å². The van der Waals surface area contributed by atoms with Crippen LogP contribution >= 0.6 is 0 Å². The van der Waals surface area contributed by atoms with Gasteiger partial charge in [-0.3, -0.25) is 4.79 Å². The van der Waals surface area contributed by atoms with Gasteiger partial charge in [-0.1, -0.05) is 0 Å². The second-order valence-corrected chi connectivity index (χ2v) is 7.61. The van der Waals surface area contributed by atoms with E-state index in [9.17, 15) is 9.90 Å². The molecule has 0 bridgehead atoms. The molecule has 2 N–H and O–H groups in total. The number of ether oxygens (including phenoxy) is 1. The molecule has 0 aliphatic carbocycles. The number of likely N-dealkylation sites (tertiary alicyclic amines) is 1. The first kappa shape index (κ1) is 17.4. The van der Waals surface area contributed by atoms with Gasteiger partial charge in [0.15, 0.2) is 5.65 Å². The lowest BCUT2D eigenvalue weighted by atomic mass is 9.77. The van der Waals surface area contributed by atoms with Crippen molar-refractivity contribution >= 4 is 11.6 Å². The van der Waals surface area contributed by atoms with Crippen molar-refractivity contribution in [3.63, 3.8) is 0 Å². The van der Waals surface area contributed by atoms with Crippen LogP contribution in [0.15, 0.2) is 24.7 Å². The number of amides is 1. The zero-order chi connectivity index (χ0) is 18.4. The summed E-state index contributed by atoms with van der Waals surface area (Å²) in [6.45, 7) is 3.37. The number of carbonyl (C=O) groups is 1. The fourth-order valence-corrected chi connectivity index (χ4v) is 4.08. The van der Waals surface area contributed by atoms with E-state index < -0.39 is 5.60 Å². The van der Waals surface area contributed by atoms with Crippen molar-refractivity contribution in [1.82, 2.24) is 24.8 Å². The number of aliphatic hydroxyl groups is 1. The number of rotatable bonds is 2. The van der Waals surface area contributed by atoms with Crippen molar-refractivity contribution in [1.29, 1.82) is 0 Å². The zero-order valence-electron chi connectivity index (χ0n) is 15.2. The van der Waals surface area contributed by atoms with Crippen LogP contribution < -0.4 is 5.32 Å². The van der Waals surface area contributed by atoms with Crippen molar-refractivity contribution < 1.29 is 14.6 Å². The third-order valence-electron chi connectivity index (χ3n) is 5.82. The number of likely N-dealkylation sites (N-methyl/N-ethyl adjacent to an activating group) is 1. The van der Waals surface area contributed by atoms with Gasteiger partial charge in [0.2, 0.25) is 0 Å². The number of nitrogens with zero attached hydrogens (tertiary/aromatic N) is 4. The zero-order valence-corrected chi connectivity index (χ0v) is 15.2. The second kappa shape index (κ2) is 6.29. The van der Waals surface area contributed by atoms with Gasteiger partial charge >= 0.3 is 0 Å². The Bertz CT molecular complexity index is 810. The molecule has 2 saturated heterocycles. The van der Waals surface area contributed by atoms with E-state index in [2.05, 4.69) is 15.4 Å². The summed E-state index contributed by atoms with van der Waals surface area (Å²) < 4.78 is 7.70. The number of aromatic nitrogens is 3. The van der Waals surface area contributed by atoms with E-state index in [1.54, 1.807) is 36.1 Å². The highest BCUT2D eigenvalue weighted by atomic mass is 16.5. The summed E-state index contributed by atoms with van der Waals surface area (Å²) in [5.41, 5.74) is -0.0259. The highest BCUT2D eigenvalue weighted by Gasteiger charge is 2.48. The molecular formula is C18H25N5O3. The SMILES string of the molecule is CN[C@H]1CC2(CCN(C(=O)c3cnn4cccnc34)CC2)OC[C@]1(C)O. The third kappa shape index (κ3) is 2.87. The van der Waals surface area contributed by atoms with Crippen LogP contribution in [0.3, 0.4) is 0 Å². The summed E-state index contributed by atoms with van der Waals surface area (Å²) in [5.74, 6) is -0.0403. The van der Waals surface area contributed by atoms with Crippen molar-refractivity contribution in [2.45, 2.75) is 43.4 Å². The lowest BCUT2D eigenvalue weighted by molar-refractivity contribution is -0.189. The molecule has 2 aliphatic heterocycles. The third-order valence-corrected chi connectivity index (χ3v) is 5.82. The number of nitrogens with one attached hydrogen (secondary N) is 1. The molecule has 1 amide bonds. The highest BCUT2D eigenvalue weighted by Crippen LogP contribution is 2.38. The fraction of sp³-hybridized carbons (Fsp3) is 0.611. The van der Waals surface area contributed by atoms with Crippen molar-refractivity contribution in [3.8, 4) is 0 Å². The van der Waals surface area contributed by atoms with Gasteiger partial charge in [0.25, 0.3) is 5.91 Å². The number of hydrogen-bond donors (Lipinski definition) is 2. The van der Waals surface area contributed by atoms with E-state index in [1.165, 1.54) is 0 Å². The quantitative estimate of drug-likeness (QED) is 0.810. The number of piperidine rings is 1. The number of fused-ring (bicyclic) bond motifs is 1. The van der Waals surface area contributed by atoms with Crippen LogP contribution in [-0.4, -0.2) is 74.5 Å². The maximum Gasteiger partial charge on any atom is 0.259 e. The average Bonchev–Trinajstić information content (AvgIpc) is 3.08. The second-order valence-electron chi connectivity index (χ2n) is 7.61. The van der Waals surface area contributed by atoms with Crippen LogP contribution in [0.1, 0.15) is 36.5 Å². The van der Waals surface area contributed by atoms with Gasteiger partial charge < -0.3 is 20.1 Å². The molecule has 4 heterocycles. The van der Waals surface area contributed by atoms with E-state index in [0.29, 0.717) is 30.9 Å². The molecule has 140 valence electrons. The molecule has 4 rings (SSSR count). The lowest BCUT2D eigenvalue weighted by Crippen LogP contribution is -2.62. The predicted molar refractivity (Wildman–Crippen MR) is 94.9 cm³/mol. The number of hydrogen-bond acceptors (Lipinski definition) is 6. The maximum absolute atomic E-state index is 12.9. The Morgan fingerprint density at radius 2 is 2.19 bits per heavy atom. The Hall–Kier alpha value is -2.03. The maximum atomic E-state index is 12.9. The summed E-state index contributed by atoms with van der Waals surface area (Å²) in [4.78, 5) is 19.0. The van der Waals surface area contributed by atoms with Gasteiger partial charge in [0.05, 0.1) is 18.4 Å². The predicted octanol–water partition coefficient (Wildman–Crippen LogP) is 0.463. The molecule has 2 aromatic heterocycles.